The fourth-order valence-electron chi connectivity index (χ4n) is 2.31. The second-order valence-corrected chi connectivity index (χ2v) is 6.04. The van der Waals surface area contributed by atoms with Crippen LogP contribution in [0.15, 0.2) is 37.0 Å². The van der Waals surface area contributed by atoms with E-state index in [1.165, 1.54) is 12.0 Å². The van der Waals surface area contributed by atoms with E-state index in [0.29, 0.717) is 5.41 Å². The Kier molecular flexibility index (Phi) is 5.07. The van der Waals surface area contributed by atoms with Gasteiger partial charge >= 0.3 is 0 Å². The van der Waals surface area contributed by atoms with Gasteiger partial charge < -0.3 is 0 Å². The summed E-state index contributed by atoms with van der Waals surface area (Å²) in [5.41, 5.74) is 1.99. The Morgan fingerprint density at radius 3 is 1.93 bits per heavy atom. The van der Waals surface area contributed by atoms with E-state index in [2.05, 4.69) is 53.9 Å². The molecule has 0 heterocycles. The van der Waals surface area contributed by atoms with Gasteiger partial charge in [0.15, 0.2) is 0 Å². The Bertz CT molecular complexity index is 246. The molecule has 0 spiro atoms. The average Bonchev–Trinajstić information content (AvgIpc) is 1.99. The molecule has 0 aromatic heterocycles. The number of rotatable bonds is 5. The summed E-state index contributed by atoms with van der Waals surface area (Å²) in [5, 5.41) is 0. The predicted octanol–water partition coefficient (Wildman–Crippen LogP) is 5.14. The molecule has 0 saturated heterocycles. The van der Waals surface area contributed by atoms with Gasteiger partial charge in [0.05, 0.1) is 0 Å². The van der Waals surface area contributed by atoms with Gasteiger partial charge in [0.2, 0.25) is 0 Å². The van der Waals surface area contributed by atoms with Crippen molar-refractivity contribution in [3.8, 4) is 0 Å². The Labute approximate surface area is 95.8 Å². The van der Waals surface area contributed by atoms with Gasteiger partial charge in [-0.1, -0.05) is 65.0 Å². The predicted molar refractivity (Wildman–Crippen MR) is 70.9 cm³/mol. The van der Waals surface area contributed by atoms with Crippen molar-refractivity contribution in [2.75, 3.05) is 0 Å². The lowest BCUT2D eigenvalue weighted by Gasteiger charge is -2.34. The zero-order valence-corrected chi connectivity index (χ0v) is 11.1. The van der Waals surface area contributed by atoms with Gasteiger partial charge in [-0.05, 0) is 23.7 Å². The van der Waals surface area contributed by atoms with Crippen LogP contribution in [0.1, 0.15) is 47.5 Å². The first kappa shape index (κ1) is 14.2. The van der Waals surface area contributed by atoms with Crippen LogP contribution in [0.4, 0.5) is 0 Å². The number of hydrogen-bond acceptors (Lipinski definition) is 0. The van der Waals surface area contributed by atoms with Gasteiger partial charge in [-0.3, -0.25) is 0 Å². The second kappa shape index (κ2) is 5.34. The highest BCUT2D eigenvalue weighted by Gasteiger charge is 2.27. The third kappa shape index (κ3) is 5.61. The van der Waals surface area contributed by atoms with Crippen LogP contribution >= 0.6 is 0 Å². The first-order chi connectivity index (χ1) is 6.73. The summed E-state index contributed by atoms with van der Waals surface area (Å²) >= 11 is 0. The standard InChI is InChI=1S/C15H26/c1-8-10-13(11-9-2)15(6,7)12-14(3,4)5/h8-10H,1-2,11-12H2,3-7H3/b13-10+. The summed E-state index contributed by atoms with van der Waals surface area (Å²) in [5.74, 6) is 0. The van der Waals surface area contributed by atoms with Gasteiger partial charge in [0.25, 0.3) is 0 Å². The molecule has 86 valence electrons. The van der Waals surface area contributed by atoms with Crippen LogP contribution in [0, 0.1) is 10.8 Å². The molecule has 0 aromatic rings. The Balaban J connectivity index is 4.86. The highest BCUT2D eigenvalue weighted by Crippen LogP contribution is 2.40. The van der Waals surface area contributed by atoms with Crippen LogP contribution in [0.3, 0.4) is 0 Å². The SMILES string of the molecule is C=C/C=C(\CC=C)C(C)(C)CC(C)(C)C. The third-order valence-electron chi connectivity index (χ3n) is 2.52. The summed E-state index contributed by atoms with van der Waals surface area (Å²) in [7, 11) is 0. The maximum absolute atomic E-state index is 3.82. The first-order valence-electron chi connectivity index (χ1n) is 5.66. The molecule has 0 N–H and O–H groups in total. The van der Waals surface area contributed by atoms with Crippen LogP contribution in [0.5, 0.6) is 0 Å². The van der Waals surface area contributed by atoms with E-state index in [0.717, 1.165) is 6.42 Å². The van der Waals surface area contributed by atoms with Crippen LogP contribution < -0.4 is 0 Å². The molecule has 0 aliphatic rings. The zero-order chi connectivity index (χ0) is 12.1. The maximum Gasteiger partial charge on any atom is -0.0133 e. The lowest BCUT2D eigenvalue weighted by atomic mass is 9.71. The summed E-state index contributed by atoms with van der Waals surface area (Å²) in [6, 6.07) is 0. The van der Waals surface area contributed by atoms with E-state index < -0.39 is 0 Å². The molecule has 0 aromatic carbocycles. The second-order valence-electron chi connectivity index (χ2n) is 6.04. The molecular weight excluding hydrogens is 180 g/mol. The highest BCUT2D eigenvalue weighted by molar-refractivity contribution is 5.20. The molecule has 0 fully saturated rings. The monoisotopic (exact) mass is 206 g/mol. The molecule has 0 nitrogen and oxygen atoms in total. The molecule has 0 amide bonds. The molecule has 0 unspecified atom stereocenters. The van der Waals surface area contributed by atoms with E-state index in [9.17, 15) is 0 Å². The Hall–Kier alpha value is -0.780. The van der Waals surface area contributed by atoms with Crippen molar-refractivity contribution in [2.24, 2.45) is 10.8 Å². The minimum atomic E-state index is 0.223. The van der Waals surface area contributed by atoms with Crippen molar-refractivity contribution in [2.45, 2.75) is 47.5 Å². The van der Waals surface area contributed by atoms with Crippen molar-refractivity contribution >= 4 is 0 Å². The van der Waals surface area contributed by atoms with E-state index in [-0.39, 0.29) is 5.41 Å². The molecule has 0 atom stereocenters. The molecule has 0 bridgehead atoms. The van der Waals surface area contributed by atoms with Crippen LogP contribution in [0.2, 0.25) is 0 Å². The molecule has 15 heavy (non-hydrogen) atoms. The summed E-state index contributed by atoms with van der Waals surface area (Å²) in [6.45, 7) is 19.1. The summed E-state index contributed by atoms with van der Waals surface area (Å²) in [4.78, 5) is 0. The first-order valence-corrected chi connectivity index (χ1v) is 5.66. The van der Waals surface area contributed by atoms with Gasteiger partial charge in [-0.2, -0.15) is 0 Å². The molecule has 0 aliphatic carbocycles. The summed E-state index contributed by atoms with van der Waals surface area (Å²) in [6.07, 6.45) is 8.11. The van der Waals surface area contributed by atoms with E-state index in [1.54, 1.807) is 0 Å². The van der Waals surface area contributed by atoms with Gasteiger partial charge in [0.1, 0.15) is 0 Å². The van der Waals surface area contributed by atoms with Crippen molar-refractivity contribution in [3.05, 3.63) is 37.0 Å². The minimum absolute atomic E-state index is 0.223. The largest absolute Gasteiger partial charge is 0.103 e. The zero-order valence-electron chi connectivity index (χ0n) is 11.1. The number of allylic oxidation sites excluding steroid dienone is 4. The summed E-state index contributed by atoms with van der Waals surface area (Å²) < 4.78 is 0. The smallest absolute Gasteiger partial charge is 0.0133 e. The van der Waals surface area contributed by atoms with Crippen molar-refractivity contribution in [1.29, 1.82) is 0 Å². The topological polar surface area (TPSA) is 0 Å². The van der Waals surface area contributed by atoms with Crippen LogP contribution in [0.25, 0.3) is 0 Å². The fourth-order valence-corrected chi connectivity index (χ4v) is 2.31. The average molecular weight is 206 g/mol. The molecule has 0 rings (SSSR count). The van der Waals surface area contributed by atoms with Gasteiger partial charge in [0, 0.05) is 0 Å². The third-order valence-corrected chi connectivity index (χ3v) is 2.52. The van der Waals surface area contributed by atoms with Gasteiger partial charge in [-0.15, -0.1) is 6.58 Å². The normalized spacial score (nSPS) is 13.8. The van der Waals surface area contributed by atoms with E-state index in [4.69, 9.17) is 0 Å². The van der Waals surface area contributed by atoms with Crippen molar-refractivity contribution < 1.29 is 0 Å². The Morgan fingerprint density at radius 1 is 1.07 bits per heavy atom. The fraction of sp³-hybridized carbons (Fsp3) is 0.600. The van der Waals surface area contributed by atoms with Crippen molar-refractivity contribution in [3.63, 3.8) is 0 Å². The molecule has 0 radical (unpaired) electrons. The van der Waals surface area contributed by atoms with E-state index >= 15 is 0 Å². The van der Waals surface area contributed by atoms with E-state index in [1.807, 2.05) is 12.2 Å². The molecular formula is C15H26. The van der Waals surface area contributed by atoms with Gasteiger partial charge in [-0.25, -0.2) is 0 Å². The Morgan fingerprint density at radius 2 is 1.60 bits per heavy atom. The molecule has 0 heteroatoms. The highest BCUT2D eigenvalue weighted by atomic mass is 14.3. The number of hydrogen-bond donors (Lipinski definition) is 0. The van der Waals surface area contributed by atoms with Crippen LogP contribution in [-0.2, 0) is 0 Å². The molecule has 0 aliphatic heterocycles. The van der Waals surface area contributed by atoms with Crippen molar-refractivity contribution in [1.82, 2.24) is 0 Å². The molecule has 0 saturated carbocycles. The van der Waals surface area contributed by atoms with Crippen LogP contribution in [-0.4, -0.2) is 0 Å². The maximum atomic E-state index is 3.82. The lowest BCUT2D eigenvalue weighted by molar-refractivity contribution is 0.247. The lowest BCUT2D eigenvalue weighted by Crippen LogP contribution is -2.22. The minimum Gasteiger partial charge on any atom is -0.103 e. The quantitative estimate of drug-likeness (QED) is 0.432.